The number of hydrogen-bond acceptors (Lipinski definition) is 2. The van der Waals surface area contributed by atoms with Gasteiger partial charge in [-0.1, -0.05) is 34.1 Å². The van der Waals surface area contributed by atoms with Gasteiger partial charge in [-0.3, -0.25) is 4.79 Å². The Hall–Kier alpha value is -0.570. The van der Waals surface area contributed by atoms with Gasteiger partial charge in [0.25, 0.3) is 0 Å². The number of rotatable bonds is 5. The number of nitrogens with one attached hydrogen (secondary N) is 1. The van der Waals surface area contributed by atoms with Crippen LogP contribution in [0.5, 0.6) is 0 Å². The van der Waals surface area contributed by atoms with Gasteiger partial charge >= 0.3 is 0 Å². The van der Waals surface area contributed by atoms with E-state index in [1.165, 1.54) is 19.3 Å². The van der Waals surface area contributed by atoms with Crippen LogP contribution in [0.2, 0.25) is 0 Å². The third-order valence-electron chi connectivity index (χ3n) is 4.38. The molecule has 1 amide bonds. The summed E-state index contributed by atoms with van der Waals surface area (Å²) in [6.45, 7) is 9.01. The molecule has 0 saturated heterocycles. The highest BCUT2D eigenvalue weighted by molar-refractivity contribution is 5.81. The van der Waals surface area contributed by atoms with Crippen LogP contribution in [0.25, 0.3) is 0 Å². The third kappa shape index (κ3) is 4.79. The van der Waals surface area contributed by atoms with Crippen LogP contribution in [0.15, 0.2) is 0 Å². The van der Waals surface area contributed by atoms with Gasteiger partial charge in [-0.25, -0.2) is 0 Å². The Bertz CT molecular complexity index is 278. The Balaban J connectivity index is 2.72. The Kier molecular flexibility index (Phi) is 6.31. The molecule has 0 aromatic rings. The minimum absolute atomic E-state index is 0.0250. The fourth-order valence-corrected chi connectivity index (χ4v) is 3.27. The van der Waals surface area contributed by atoms with Crippen molar-refractivity contribution in [2.45, 2.75) is 65.5 Å². The van der Waals surface area contributed by atoms with Crippen molar-refractivity contribution < 1.29 is 4.79 Å². The molecule has 0 heterocycles. The van der Waals surface area contributed by atoms with Gasteiger partial charge in [0.15, 0.2) is 0 Å². The summed E-state index contributed by atoms with van der Waals surface area (Å²) in [6, 6.07) is 0.462. The van der Waals surface area contributed by atoms with Crippen LogP contribution in [0.1, 0.15) is 53.4 Å². The lowest BCUT2D eigenvalue weighted by molar-refractivity contribution is -0.131. The normalized spacial score (nSPS) is 29.3. The Morgan fingerprint density at radius 2 is 1.74 bits per heavy atom. The minimum Gasteiger partial charge on any atom is -0.347 e. The van der Waals surface area contributed by atoms with E-state index in [-0.39, 0.29) is 11.9 Å². The number of nitrogens with zero attached hydrogens (tertiary/aromatic N) is 1. The second-order valence-electron chi connectivity index (χ2n) is 6.99. The van der Waals surface area contributed by atoms with Crippen molar-refractivity contribution in [1.29, 1.82) is 0 Å². The molecule has 1 N–H and O–H groups in total. The van der Waals surface area contributed by atoms with E-state index >= 15 is 0 Å². The van der Waals surface area contributed by atoms with Gasteiger partial charge < -0.3 is 10.2 Å². The van der Waals surface area contributed by atoms with E-state index in [0.717, 1.165) is 6.42 Å². The molecule has 0 spiro atoms. The second kappa shape index (κ2) is 7.28. The quantitative estimate of drug-likeness (QED) is 0.831. The van der Waals surface area contributed by atoms with E-state index in [0.29, 0.717) is 23.8 Å². The van der Waals surface area contributed by atoms with Gasteiger partial charge in [-0.2, -0.15) is 0 Å². The largest absolute Gasteiger partial charge is 0.347 e. The first-order valence-electron chi connectivity index (χ1n) is 7.80. The van der Waals surface area contributed by atoms with Gasteiger partial charge in [0.05, 0.1) is 6.04 Å². The van der Waals surface area contributed by atoms with Crippen LogP contribution in [0.4, 0.5) is 0 Å². The highest BCUT2D eigenvalue weighted by Crippen LogP contribution is 2.29. The van der Waals surface area contributed by atoms with Crippen LogP contribution in [-0.2, 0) is 4.79 Å². The zero-order chi connectivity index (χ0) is 14.6. The summed E-state index contributed by atoms with van der Waals surface area (Å²) in [5.74, 6) is 2.11. The predicted molar refractivity (Wildman–Crippen MR) is 81.0 cm³/mol. The average Bonchev–Trinajstić information content (AvgIpc) is 2.31. The van der Waals surface area contributed by atoms with Crippen molar-refractivity contribution in [2.75, 3.05) is 14.1 Å². The maximum Gasteiger partial charge on any atom is 0.239 e. The average molecular weight is 268 g/mol. The van der Waals surface area contributed by atoms with Gasteiger partial charge in [0.2, 0.25) is 5.91 Å². The molecular formula is C16H32N2O. The Labute approximate surface area is 119 Å². The Morgan fingerprint density at radius 1 is 1.21 bits per heavy atom. The van der Waals surface area contributed by atoms with Crippen LogP contribution in [0, 0.1) is 17.8 Å². The minimum atomic E-state index is -0.0250. The molecule has 0 bridgehead atoms. The predicted octanol–water partition coefficient (Wildman–Crippen LogP) is 2.90. The zero-order valence-corrected chi connectivity index (χ0v) is 13.6. The van der Waals surface area contributed by atoms with Gasteiger partial charge in [0, 0.05) is 20.1 Å². The summed E-state index contributed by atoms with van der Waals surface area (Å²) < 4.78 is 0. The molecular weight excluding hydrogens is 236 g/mol. The SMILES string of the molecule is CC(C)CC(NC1C(C)CCCC1C)C(=O)N(C)C. The van der Waals surface area contributed by atoms with Gasteiger partial charge in [-0.15, -0.1) is 0 Å². The lowest BCUT2D eigenvalue weighted by Gasteiger charge is -2.38. The number of carbonyl (C=O) groups is 1. The molecule has 112 valence electrons. The first-order valence-corrected chi connectivity index (χ1v) is 7.80. The van der Waals surface area contributed by atoms with Crippen LogP contribution in [0.3, 0.4) is 0 Å². The first kappa shape index (κ1) is 16.5. The maximum atomic E-state index is 12.3. The number of hydrogen-bond donors (Lipinski definition) is 1. The van der Waals surface area contributed by atoms with E-state index in [2.05, 4.69) is 33.0 Å². The molecule has 0 radical (unpaired) electrons. The zero-order valence-electron chi connectivity index (χ0n) is 13.6. The smallest absolute Gasteiger partial charge is 0.239 e. The summed E-state index contributed by atoms with van der Waals surface area (Å²) in [5, 5.41) is 3.68. The summed E-state index contributed by atoms with van der Waals surface area (Å²) in [6.07, 6.45) is 4.82. The number of carbonyl (C=O) groups excluding carboxylic acids is 1. The van der Waals surface area contributed by atoms with E-state index < -0.39 is 0 Å². The first-order chi connectivity index (χ1) is 8.82. The van der Waals surface area contributed by atoms with E-state index in [1.807, 2.05) is 14.1 Å². The van der Waals surface area contributed by atoms with Crippen LogP contribution >= 0.6 is 0 Å². The summed E-state index contributed by atoms with van der Waals surface area (Å²) in [4.78, 5) is 14.0. The third-order valence-corrected chi connectivity index (χ3v) is 4.38. The van der Waals surface area contributed by atoms with E-state index in [1.54, 1.807) is 4.90 Å². The topological polar surface area (TPSA) is 32.3 Å². The highest BCUT2D eigenvalue weighted by atomic mass is 16.2. The van der Waals surface area contributed by atoms with Gasteiger partial charge in [0.1, 0.15) is 0 Å². The molecule has 1 saturated carbocycles. The summed E-state index contributed by atoms with van der Waals surface area (Å²) in [7, 11) is 3.70. The highest BCUT2D eigenvalue weighted by Gasteiger charge is 2.32. The fourth-order valence-electron chi connectivity index (χ4n) is 3.27. The fraction of sp³-hybridized carbons (Fsp3) is 0.938. The molecule has 0 aliphatic heterocycles. The molecule has 3 heteroatoms. The van der Waals surface area contributed by atoms with E-state index in [4.69, 9.17) is 0 Å². The van der Waals surface area contributed by atoms with E-state index in [9.17, 15) is 4.79 Å². The lowest BCUT2D eigenvalue weighted by Crippen LogP contribution is -2.53. The van der Waals surface area contributed by atoms with Crippen LogP contribution < -0.4 is 5.32 Å². The van der Waals surface area contributed by atoms with Crippen molar-refractivity contribution >= 4 is 5.91 Å². The Morgan fingerprint density at radius 3 is 2.16 bits per heavy atom. The molecule has 3 nitrogen and oxygen atoms in total. The molecule has 1 aliphatic carbocycles. The van der Waals surface area contributed by atoms with Crippen molar-refractivity contribution in [3.8, 4) is 0 Å². The summed E-state index contributed by atoms with van der Waals surface area (Å²) >= 11 is 0. The number of amides is 1. The standard InChI is InChI=1S/C16H32N2O/c1-11(2)10-14(16(19)18(5)6)17-15-12(3)8-7-9-13(15)4/h11-15,17H,7-10H2,1-6H3. The maximum absolute atomic E-state index is 12.3. The molecule has 0 aromatic carbocycles. The van der Waals surface area contributed by atoms with Crippen LogP contribution in [-0.4, -0.2) is 37.0 Å². The van der Waals surface area contributed by atoms with Crippen molar-refractivity contribution in [3.05, 3.63) is 0 Å². The number of likely N-dealkylation sites (N-methyl/N-ethyl adjacent to an activating group) is 1. The molecule has 0 aromatic heterocycles. The monoisotopic (exact) mass is 268 g/mol. The van der Waals surface area contributed by atoms with Crippen molar-refractivity contribution in [1.82, 2.24) is 10.2 Å². The molecule has 3 unspecified atom stereocenters. The molecule has 1 aliphatic rings. The molecule has 1 rings (SSSR count). The second-order valence-corrected chi connectivity index (χ2v) is 6.99. The van der Waals surface area contributed by atoms with Gasteiger partial charge in [-0.05, 0) is 37.0 Å². The summed E-state index contributed by atoms with van der Waals surface area (Å²) in [5.41, 5.74) is 0. The van der Waals surface area contributed by atoms with Crippen molar-refractivity contribution in [3.63, 3.8) is 0 Å². The molecule has 3 atom stereocenters. The molecule has 19 heavy (non-hydrogen) atoms. The lowest BCUT2D eigenvalue weighted by atomic mass is 9.78. The van der Waals surface area contributed by atoms with Crippen molar-refractivity contribution in [2.24, 2.45) is 17.8 Å². The molecule has 1 fully saturated rings.